The van der Waals surface area contributed by atoms with Crippen LogP contribution in [0.1, 0.15) is 25.7 Å². The Balaban J connectivity index is 1.73. The lowest BCUT2D eigenvalue weighted by Gasteiger charge is -2.15. The number of anilines is 1. The molecular formula is C14H20N2O3S. The molecule has 0 bridgehead atoms. The molecule has 1 heterocycles. The van der Waals surface area contributed by atoms with Crippen LogP contribution in [0.25, 0.3) is 0 Å². The molecule has 2 N–H and O–H groups in total. The Kier molecular flexibility index (Phi) is 3.96. The number of rotatable bonds is 6. The summed E-state index contributed by atoms with van der Waals surface area (Å²) in [5, 5.41) is 3.21. The first-order valence-electron chi connectivity index (χ1n) is 7.12. The zero-order valence-electron chi connectivity index (χ0n) is 11.3. The van der Waals surface area contributed by atoms with Crippen LogP contribution in [-0.4, -0.2) is 33.7 Å². The van der Waals surface area contributed by atoms with Crippen molar-refractivity contribution in [2.24, 2.45) is 0 Å². The summed E-state index contributed by atoms with van der Waals surface area (Å²) in [7, 11) is -3.43. The average molecular weight is 296 g/mol. The molecule has 5 nitrogen and oxygen atoms in total. The van der Waals surface area contributed by atoms with E-state index in [0.29, 0.717) is 17.1 Å². The number of hydrogen-bond donors (Lipinski definition) is 2. The number of ether oxygens (including phenoxy) is 1. The minimum Gasteiger partial charge on any atom is -0.381 e. The number of sulfonamides is 1. The van der Waals surface area contributed by atoms with Crippen molar-refractivity contribution < 1.29 is 13.2 Å². The van der Waals surface area contributed by atoms with Crippen molar-refractivity contribution in [3.05, 3.63) is 24.3 Å². The van der Waals surface area contributed by atoms with Gasteiger partial charge in [0.05, 0.1) is 11.8 Å². The molecule has 0 radical (unpaired) electrons. The van der Waals surface area contributed by atoms with Gasteiger partial charge in [-0.2, -0.15) is 0 Å². The lowest BCUT2D eigenvalue weighted by Crippen LogP contribution is -2.27. The van der Waals surface area contributed by atoms with Crippen LogP contribution < -0.4 is 10.0 Å². The van der Waals surface area contributed by atoms with Crippen LogP contribution in [-0.2, 0) is 14.8 Å². The van der Waals surface area contributed by atoms with E-state index in [1.54, 1.807) is 18.2 Å². The van der Waals surface area contributed by atoms with Gasteiger partial charge in [0.1, 0.15) is 4.90 Å². The molecule has 1 aromatic carbocycles. The van der Waals surface area contributed by atoms with E-state index in [2.05, 4.69) is 10.0 Å². The monoisotopic (exact) mass is 296 g/mol. The van der Waals surface area contributed by atoms with Crippen molar-refractivity contribution in [3.8, 4) is 0 Å². The molecule has 1 aromatic rings. The quantitative estimate of drug-likeness (QED) is 0.839. The molecule has 20 heavy (non-hydrogen) atoms. The lowest BCUT2D eigenvalue weighted by atomic mass is 10.2. The van der Waals surface area contributed by atoms with Gasteiger partial charge >= 0.3 is 0 Å². The van der Waals surface area contributed by atoms with Crippen LogP contribution in [0.5, 0.6) is 0 Å². The number of nitrogens with one attached hydrogen (secondary N) is 2. The lowest BCUT2D eigenvalue weighted by molar-refractivity contribution is 0.120. The fraction of sp³-hybridized carbons (Fsp3) is 0.571. The number of para-hydroxylation sites is 1. The normalized spacial score (nSPS) is 22.9. The van der Waals surface area contributed by atoms with Crippen molar-refractivity contribution in [1.82, 2.24) is 4.72 Å². The minimum absolute atomic E-state index is 0.117. The second-order valence-corrected chi connectivity index (χ2v) is 7.09. The molecule has 2 aliphatic rings. The van der Waals surface area contributed by atoms with Crippen molar-refractivity contribution >= 4 is 15.7 Å². The molecule has 110 valence electrons. The van der Waals surface area contributed by atoms with Crippen molar-refractivity contribution in [2.75, 3.05) is 18.5 Å². The molecule has 1 unspecified atom stereocenters. The van der Waals surface area contributed by atoms with Gasteiger partial charge in [-0.1, -0.05) is 12.1 Å². The summed E-state index contributed by atoms with van der Waals surface area (Å²) in [6.07, 6.45) is 4.16. The highest BCUT2D eigenvalue weighted by Crippen LogP contribution is 2.26. The van der Waals surface area contributed by atoms with Gasteiger partial charge in [-0.25, -0.2) is 13.1 Å². The van der Waals surface area contributed by atoms with E-state index in [9.17, 15) is 8.42 Å². The third-order valence-corrected chi connectivity index (χ3v) is 5.20. The Morgan fingerprint density at radius 2 is 2.00 bits per heavy atom. The van der Waals surface area contributed by atoms with E-state index in [4.69, 9.17) is 4.74 Å². The maximum absolute atomic E-state index is 12.3. The van der Waals surface area contributed by atoms with Crippen molar-refractivity contribution in [3.63, 3.8) is 0 Å². The second-order valence-electron chi connectivity index (χ2n) is 5.41. The Hall–Kier alpha value is -1.11. The third kappa shape index (κ3) is 3.31. The van der Waals surface area contributed by atoms with Crippen molar-refractivity contribution in [2.45, 2.75) is 42.7 Å². The molecule has 1 aliphatic heterocycles. The number of benzene rings is 1. The predicted octanol–water partition coefficient (Wildman–Crippen LogP) is 1.72. The summed E-state index contributed by atoms with van der Waals surface area (Å²) in [5.41, 5.74) is 0.649. The van der Waals surface area contributed by atoms with Gasteiger partial charge < -0.3 is 10.1 Å². The topological polar surface area (TPSA) is 67.4 Å². The Morgan fingerprint density at radius 1 is 1.20 bits per heavy atom. The molecule has 0 aromatic heterocycles. The van der Waals surface area contributed by atoms with Gasteiger partial charge in [-0.3, -0.25) is 0 Å². The summed E-state index contributed by atoms with van der Waals surface area (Å²) < 4.78 is 32.9. The van der Waals surface area contributed by atoms with E-state index >= 15 is 0 Å². The fourth-order valence-corrected chi connectivity index (χ4v) is 3.85. The SMILES string of the molecule is O=S(=O)(NC1CC1)c1ccccc1NCC1CCCO1. The maximum atomic E-state index is 12.3. The average Bonchev–Trinajstić information content (AvgIpc) is 3.07. The van der Waals surface area contributed by atoms with Crippen LogP contribution in [0, 0.1) is 0 Å². The zero-order valence-corrected chi connectivity index (χ0v) is 12.2. The second kappa shape index (κ2) is 5.71. The molecular weight excluding hydrogens is 276 g/mol. The highest BCUT2D eigenvalue weighted by molar-refractivity contribution is 7.89. The summed E-state index contributed by atoms with van der Waals surface area (Å²) in [5.74, 6) is 0. The maximum Gasteiger partial charge on any atom is 0.242 e. The molecule has 0 spiro atoms. The fourth-order valence-electron chi connectivity index (χ4n) is 2.36. The van der Waals surface area contributed by atoms with Gasteiger partial charge in [-0.05, 0) is 37.8 Å². The summed E-state index contributed by atoms with van der Waals surface area (Å²) in [6.45, 7) is 1.45. The smallest absolute Gasteiger partial charge is 0.242 e. The summed E-state index contributed by atoms with van der Waals surface area (Å²) in [4.78, 5) is 0.324. The highest BCUT2D eigenvalue weighted by Gasteiger charge is 2.29. The Labute approximate surface area is 119 Å². The minimum atomic E-state index is -3.43. The van der Waals surface area contributed by atoms with Crippen LogP contribution in [0.3, 0.4) is 0 Å². The van der Waals surface area contributed by atoms with Crippen molar-refractivity contribution in [1.29, 1.82) is 0 Å². The Morgan fingerprint density at radius 3 is 2.70 bits per heavy atom. The highest BCUT2D eigenvalue weighted by atomic mass is 32.2. The molecule has 2 fully saturated rings. The summed E-state index contributed by atoms with van der Waals surface area (Å²) in [6, 6.07) is 7.15. The molecule has 6 heteroatoms. The van der Waals surface area contributed by atoms with Gasteiger partial charge in [0.2, 0.25) is 10.0 Å². The molecule has 3 rings (SSSR count). The predicted molar refractivity (Wildman–Crippen MR) is 77.2 cm³/mol. The first kappa shape index (κ1) is 13.9. The van der Waals surface area contributed by atoms with Gasteiger partial charge in [0.15, 0.2) is 0 Å². The first-order valence-corrected chi connectivity index (χ1v) is 8.60. The largest absolute Gasteiger partial charge is 0.381 e. The standard InChI is InChI=1S/C14H20N2O3S/c17-20(18,16-11-7-8-11)14-6-2-1-5-13(14)15-10-12-4-3-9-19-12/h1-2,5-6,11-12,15-16H,3-4,7-10H2. The molecule has 1 aliphatic carbocycles. The molecule has 1 saturated heterocycles. The van der Waals surface area contributed by atoms with Gasteiger partial charge in [0, 0.05) is 19.2 Å². The van der Waals surface area contributed by atoms with E-state index < -0.39 is 10.0 Å². The Bertz CT molecular complexity index is 564. The van der Waals surface area contributed by atoms with Crippen LogP contribution >= 0.6 is 0 Å². The van der Waals surface area contributed by atoms with Gasteiger partial charge in [0.25, 0.3) is 0 Å². The molecule has 1 saturated carbocycles. The van der Waals surface area contributed by atoms with Gasteiger partial charge in [-0.15, -0.1) is 0 Å². The van der Waals surface area contributed by atoms with Crippen LogP contribution in [0.4, 0.5) is 5.69 Å². The van der Waals surface area contributed by atoms with Crippen LogP contribution in [0.15, 0.2) is 29.2 Å². The van der Waals surface area contributed by atoms with E-state index in [1.807, 2.05) is 6.07 Å². The number of hydrogen-bond acceptors (Lipinski definition) is 4. The van der Waals surface area contributed by atoms with E-state index in [1.165, 1.54) is 0 Å². The third-order valence-electron chi connectivity index (χ3n) is 3.62. The molecule has 0 amide bonds. The first-order chi connectivity index (χ1) is 9.65. The molecule has 1 atom stereocenters. The van der Waals surface area contributed by atoms with E-state index in [0.717, 1.165) is 32.3 Å². The zero-order chi connectivity index (χ0) is 14.0. The van der Waals surface area contributed by atoms with E-state index in [-0.39, 0.29) is 12.1 Å². The summed E-state index contributed by atoms with van der Waals surface area (Å²) >= 11 is 0. The van der Waals surface area contributed by atoms with Crippen LogP contribution in [0.2, 0.25) is 0 Å².